The fourth-order valence-electron chi connectivity index (χ4n) is 2.23. The summed E-state index contributed by atoms with van der Waals surface area (Å²) in [5.41, 5.74) is 6.16. The van der Waals surface area contributed by atoms with Crippen molar-refractivity contribution in [3.63, 3.8) is 0 Å². The monoisotopic (exact) mass is 308 g/mol. The molecule has 1 heterocycles. The minimum absolute atomic E-state index is 0.119. The van der Waals surface area contributed by atoms with E-state index < -0.39 is 20.7 Å². The second kappa shape index (κ2) is 4.92. The van der Waals surface area contributed by atoms with Gasteiger partial charge in [0.15, 0.2) is 0 Å². The summed E-state index contributed by atoms with van der Waals surface area (Å²) >= 11 is 0. The fraction of sp³-hybridized carbons (Fsp3) is 0.143. The standard InChI is InChI=1S/C14H13FN2O3S/c15-11-6-5-10(16)9-14(11)21(18,19)17-7-8-20-13-4-2-1-3-12(13)17/h1-6,9H,7-8,16H2. The highest BCUT2D eigenvalue weighted by Gasteiger charge is 2.32. The molecule has 0 amide bonds. The van der Waals surface area contributed by atoms with Crippen molar-refractivity contribution in [2.45, 2.75) is 4.90 Å². The van der Waals surface area contributed by atoms with Crippen LogP contribution in [0.3, 0.4) is 0 Å². The van der Waals surface area contributed by atoms with Gasteiger partial charge in [-0.25, -0.2) is 12.8 Å². The number of benzene rings is 2. The largest absolute Gasteiger partial charge is 0.489 e. The Balaban J connectivity index is 2.14. The van der Waals surface area contributed by atoms with Crippen molar-refractivity contribution >= 4 is 21.4 Å². The van der Waals surface area contributed by atoms with Crippen molar-refractivity contribution in [1.29, 1.82) is 0 Å². The van der Waals surface area contributed by atoms with E-state index in [0.29, 0.717) is 11.4 Å². The number of fused-ring (bicyclic) bond motifs is 1. The lowest BCUT2D eigenvalue weighted by atomic mass is 10.2. The zero-order valence-electron chi connectivity index (χ0n) is 11.0. The van der Waals surface area contributed by atoms with Crippen LogP contribution in [0.15, 0.2) is 47.4 Å². The van der Waals surface area contributed by atoms with Gasteiger partial charge in [-0.3, -0.25) is 4.31 Å². The van der Waals surface area contributed by atoms with Gasteiger partial charge in [0.2, 0.25) is 0 Å². The zero-order valence-corrected chi connectivity index (χ0v) is 11.8. The molecule has 2 N–H and O–H groups in total. The summed E-state index contributed by atoms with van der Waals surface area (Å²) in [5.74, 6) is -0.371. The molecule has 0 saturated carbocycles. The highest BCUT2D eigenvalue weighted by Crippen LogP contribution is 2.35. The van der Waals surface area contributed by atoms with Crippen LogP contribution in [-0.4, -0.2) is 21.6 Å². The molecule has 0 spiro atoms. The third kappa shape index (κ3) is 2.29. The molecule has 2 aromatic rings. The Hall–Kier alpha value is -2.28. The molecule has 0 atom stereocenters. The number of nitrogens with two attached hydrogens (primary N) is 1. The first-order chi connectivity index (χ1) is 10.00. The highest BCUT2D eigenvalue weighted by atomic mass is 32.2. The molecule has 3 rings (SSSR count). The molecule has 0 aliphatic carbocycles. The number of sulfonamides is 1. The maximum atomic E-state index is 13.9. The van der Waals surface area contributed by atoms with Crippen LogP contribution in [0, 0.1) is 5.82 Å². The lowest BCUT2D eigenvalue weighted by molar-refractivity contribution is 0.315. The number of rotatable bonds is 2. The van der Waals surface area contributed by atoms with Gasteiger partial charge in [-0.15, -0.1) is 0 Å². The van der Waals surface area contributed by atoms with Crippen molar-refractivity contribution in [3.05, 3.63) is 48.3 Å². The highest BCUT2D eigenvalue weighted by molar-refractivity contribution is 7.92. The molecule has 2 aromatic carbocycles. The van der Waals surface area contributed by atoms with Crippen LogP contribution in [0.1, 0.15) is 0 Å². The smallest absolute Gasteiger partial charge is 0.267 e. The SMILES string of the molecule is Nc1ccc(F)c(S(=O)(=O)N2CCOc3ccccc32)c1. The van der Waals surface area contributed by atoms with E-state index in [2.05, 4.69) is 0 Å². The van der Waals surface area contributed by atoms with Gasteiger partial charge in [-0.1, -0.05) is 12.1 Å². The summed E-state index contributed by atoms with van der Waals surface area (Å²) in [5, 5.41) is 0. The van der Waals surface area contributed by atoms with Gasteiger partial charge < -0.3 is 10.5 Å². The van der Waals surface area contributed by atoms with Gasteiger partial charge >= 0.3 is 0 Å². The Bertz CT molecular complexity index is 793. The predicted molar refractivity (Wildman–Crippen MR) is 77.3 cm³/mol. The summed E-state index contributed by atoms with van der Waals surface area (Å²) in [6.45, 7) is 0.327. The number of ether oxygens (including phenoxy) is 1. The Morgan fingerprint density at radius 2 is 1.95 bits per heavy atom. The molecular weight excluding hydrogens is 295 g/mol. The number of nitrogen functional groups attached to an aromatic ring is 1. The van der Waals surface area contributed by atoms with Crippen LogP contribution < -0.4 is 14.8 Å². The molecular formula is C14H13FN2O3S. The number of para-hydroxylation sites is 2. The van der Waals surface area contributed by atoms with E-state index in [0.717, 1.165) is 16.4 Å². The Morgan fingerprint density at radius 1 is 1.19 bits per heavy atom. The van der Waals surface area contributed by atoms with Crippen molar-refractivity contribution in [2.75, 3.05) is 23.2 Å². The summed E-state index contributed by atoms with van der Waals surface area (Å²) in [4.78, 5) is -0.431. The van der Waals surface area contributed by atoms with Crippen molar-refractivity contribution in [1.82, 2.24) is 0 Å². The van der Waals surface area contributed by atoms with Gasteiger partial charge in [0.25, 0.3) is 10.0 Å². The fourth-order valence-corrected chi connectivity index (χ4v) is 3.79. The maximum absolute atomic E-state index is 13.9. The van der Waals surface area contributed by atoms with E-state index in [1.54, 1.807) is 24.3 Å². The lowest BCUT2D eigenvalue weighted by Crippen LogP contribution is -2.38. The van der Waals surface area contributed by atoms with Gasteiger partial charge in [-0.05, 0) is 30.3 Å². The third-order valence-corrected chi connectivity index (χ3v) is 5.04. The summed E-state index contributed by atoms with van der Waals surface area (Å²) in [6.07, 6.45) is 0. The number of hydrogen-bond acceptors (Lipinski definition) is 4. The molecule has 0 aromatic heterocycles. The van der Waals surface area contributed by atoms with Crippen LogP contribution in [0.4, 0.5) is 15.8 Å². The molecule has 7 heteroatoms. The number of nitrogens with zero attached hydrogens (tertiary/aromatic N) is 1. The van der Waals surface area contributed by atoms with Crippen LogP contribution in [0.5, 0.6) is 5.75 Å². The number of hydrogen-bond donors (Lipinski definition) is 1. The van der Waals surface area contributed by atoms with E-state index in [1.807, 2.05) is 0 Å². The molecule has 1 aliphatic heterocycles. The average Bonchev–Trinajstić information content (AvgIpc) is 2.49. The first-order valence-electron chi connectivity index (χ1n) is 6.30. The van der Waals surface area contributed by atoms with Crippen LogP contribution in [0.2, 0.25) is 0 Å². The second-order valence-corrected chi connectivity index (χ2v) is 6.41. The molecule has 21 heavy (non-hydrogen) atoms. The normalized spacial score (nSPS) is 14.4. The number of halogens is 1. The average molecular weight is 308 g/mol. The number of anilines is 2. The molecule has 0 bridgehead atoms. The van der Waals surface area contributed by atoms with E-state index in [1.165, 1.54) is 6.07 Å². The van der Waals surface area contributed by atoms with Crippen molar-refractivity contribution in [2.24, 2.45) is 0 Å². The minimum Gasteiger partial charge on any atom is -0.489 e. The Morgan fingerprint density at radius 3 is 2.76 bits per heavy atom. The predicted octanol–water partition coefficient (Wildman–Crippen LogP) is 2.00. The Kier molecular flexibility index (Phi) is 3.21. The van der Waals surface area contributed by atoms with Gasteiger partial charge in [0.05, 0.1) is 12.2 Å². The maximum Gasteiger partial charge on any atom is 0.267 e. The van der Waals surface area contributed by atoms with E-state index in [9.17, 15) is 12.8 Å². The quantitative estimate of drug-likeness (QED) is 0.861. The van der Waals surface area contributed by atoms with Gasteiger partial charge in [-0.2, -0.15) is 0 Å². The van der Waals surface area contributed by atoms with Crippen molar-refractivity contribution in [3.8, 4) is 5.75 Å². The molecule has 110 valence electrons. The van der Waals surface area contributed by atoms with Crippen LogP contribution in [0.25, 0.3) is 0 Å². The summed E-state index contributed by atoms with van der Waals surface area (Å²) < 4.78 is 45.9. The van der Waals surface area contributed by atoms with E-state index in [-0.39, 0.29) is 18.8 Å². The van der Waals surface area contributed by atoms with Gasteiger partial charge in [0.1, 0.15) is 23.1 Å². The molecule has 0 saturated heterocycles. The van der Waals surface area contributed by atoms with Gasteiger partial charge in [0, 0.05) is 5.69 Å². The molecule has 0 radical (unpaired) electrons. The van der Waals surface area contributed by atoms with E-state index >= 15 is 0 Å². The molecule has 0 fully saturated rings. The molecule has 0 unspecified atom stereocenters. The third-order valence-electron chi connectivity index (χ3n) is 3.21. The lowest BCUT2D eigenvalue weighted by Gasteiger charge is -2.30. The first-order valence-corrected chi connectivity index (χ1v) is 7.74. The van der Waals surface area contributed by atoms with Crippen molar-refractivity contribution < 1.29 is 17.5 Å². The van der Waals surface area contributed by atoms with Crippen LogP contribution >= 0.6 is 0 Å². The second-order valence-electron chi connectivity index (χ2n) is 4.58. The van der Waals surface area contributed by atoms with E-state index in [4.69, 9.17) is 10.5 Å². The molecule has 5 nitrogen and oxygen atoms in total. The zero-order chi connectivity index (χ0) is 15.0. The Labute approximate surface area is 121 Å². The summed E-state index contributed by atoms with van der Waals surface area (Å²) in [7, 11) is -4.03. The summed E-state index contributed by atoms with van der Waals surface area (Å²) in [6, 6.07) is 10.2. The topological polar surface area (TPSA) is 72.6 Å². The first kappa shape index (κ1) is 13.7. The molecule has 1 aliphatic rings. The van der Waals surface area contributed by atoms with Crippen LogP contribution in [-0.2, 0) is 10.0 Å². The minimum atomic E-state index is -4.03.